The van der Waals surface area contributed by atoms with Gasteiger partial charge >= 0.3 is 11.9 Å². The molecule has 10 heteroatoms. The van der Waals surface area contributed by atoms with Crippen LogP contribution in [0.5, 0.6) is 5.75 Å². The van der Waals surface area contributed by atoms with E-state index in [1.807, 2.05) is 13.8 Å². The molecule has 0 radical (unpaired) electrons. The average Bonchev–Trinajstić information content (AvgIpc) is 2.84. The molecule has 1 N–H and O–H groups in total. The van der Waals surface area contributed by atoms with Gasteiger partial charge < -0.3 is 19.3 Å². The number of esters is 1. The van der Waals surface area contributed by atoms with Crippen molar-refractivity contribution >= 4 is 5.97 Å². The first-order chi connectivity index (χ1) is 17.4. The molecular weight excluding hydrogens is 499 g/mol. The zero-order valence-corrected chi connectivity index (χ0v) is 19.9. The van der Waals surface area contributed by atoms with Crippen LogP contribution in [-0.4, -0.2) is 24.3 Å². The molecule has 0 spiro atoms. The van der Waals surface area contributed by atoms with Gasteiger partial charge in [-0.3, -0.25) is 0 Å². The molecule has 1 aliphatic heterocycles. The van der Waals surface area contributed by atoms with Crippen LogP contribution in [0, 0.1) is 34.5 Å². The zero-order chi connectivity index (χ0) is 27.0. The summed E-state index contributed by atoms with van der Waals surface area (Å²) in [7, 11) is 0. The maximum Gasteiger partial charge on any atom is 0.349 e. The highest BCUT2D eigenvalue weighted by Gasteiger charge is 2.42. The molecule has 0 aromatic heterocycles. The first-order valence-corrected chi connectivity index (χ1v) is 11.4. The highest BCUT2D eigenvalue weighted by atomic mass is 19.2. The molecule has 3 aromatic rings. The van der Waals surface area contributed by atoms with Crippen molar-refractivity contribution in [3.63, 3.8) is 0 Å². The fourth-order valence-corrected chi connectivity index (χ4v) is 4.10. The molecule has 1 saturated heterocycles. The molecular formula is C27H23F5O5. The fraction of sp³-hybridized carbons (Fsp3) is 0.296. The summed E-state index contributed by atoms with van der Waals surface area (Å²) in [4.78, 5) is 12.3. The second-order valence-electron chi connectivity index (χ2n) is 9.20. The van der Waals surface area contributed by atoms with Crippen molar-refractivity contribution < 1.29 is 46.1 Å². The van der Waals surface area contributed by atoms with Crippen molar-refractivity contribution in [2.75, 3.05) is 13.2 Å². The van der Waals surface area contributed by atoms with Crippen LogP contribution in [0.1, 0.15) is 42.6 Å². The summed E-state index contributed by atoms with van der Waals surface area (Å²) in [6.07, 6.45) is 1.80. The van der Waals surface area contributed by atoms with E-state index >= 15 is 0 Å². The first-order valence-electron chi connectivity index (χ1n) is 11.4. The summed E-state index contributed by atoms with van der Waals surface area (Å²) >= 11 is 0. The number of rotatable bonds is 6. The third kappa shape index (κ3) is 5.51. The summed E-state index contributed by atoms with van der Waals surface area (Å²) in [5.41, 5.74) is -0.629. The van der Waals surface area contributed by atoms with Crippen LogP contribution in [0.25, 0.3) is 11.1 Å². The van der Waals surface area contributed by atoms with E-state index in [0.717, 1.165) is 25.0 Å². The van der Waals surface area contributed by atoms with E-state index in [0.29, 0.717) is 17.7 Å². The molecule has 0 saturated carbocycles. The number of carbonyl (C=O) groups excluding carboxylic acids is 1. The largest absolute Gasteiger partial charge is 0.423 e. The summed E-state index contributed by atoms with van der Waals surface area (Å²) in [5.74, 6) is -11.9. The van der Waals surface area contributed by atoms with Gasteiger partial charge in [0.1, 0.15) is 22.9 Å². The van der Waals surface area contributed by atoms with Gasteiger partial charge in [-0.05, 0) is 29.7 Å². The normalized spacial score (nSPS) is 21.6. The van der Waals surface area contributed by atoms with Crippen molar-refractivity contribution in [3.05, 3.63) is 88.7 Å². The summed E-state index contributed by atoms with van der Waals surface area (Å²) in [6.45, 7) is 4.60. The summed E-state index contributed by atoms with van der Waals surface area (Å²) < 4.78 is 85.0. The molecule has 0 atom stereocenters. The Morgan fingerprint density at radius 3 is 1.95 bits per heavy atom. The Hall–Kier alpha value is -3.34. The first kappa shape index (κ1) is 26.7. The molecule has 0 aliphatic carbocycles. The predicted molar refractivity (Wildman–Crippen MR) is 122 cm³/mol. The summed E-state index contributed by atoms with van der Waals surface area (Å²) in [6, 6.07) is 8.42. The lowest BCUT2D eigenvalue weighted by molar-refractivity contribution is -0.414. The van der Waals surface area contributed by atoms with Crippen molar-refractivity contribution in [3.8, 4) is 16.9 Å². The van der Waals surface area contributed by atoms with E-state index in [9.17, 15) is 31.9 Å². The topological polar surface area (TPSA) is 65.0 Å². The third-order valence-corrected chi connectivity index (χ3v) is 6.08. The lowest BCUT2D eigenvalue weighted by atomic mass is 9.86. The van der Waals surface area contributed by atoms with Crippen molar-refractivity contribution in [1.29, 1.82) is 0 Å². The van der Waals surface area contributed by atoms with Gasteiger partial charge in [-0.2, -0.15) is 0 Å². The third-order valence-electron chi connectivity index (χ3n) is 6.08. The highest BCUT2D eigenvalue weighted by molar-refractivity contribution is 5.92. The average molecular weight is 522 g/mol. The second-order valence-corrected chi connectivity index (χ2v) is 9.20. The summed E-state index contributed by atoms with van der Waals surface area (Å²) in [5, 5.41) is 10.8. The van der Waals surface area contributed by atoms with Crippen molar-refractivity contribution in [2.45, 2.75) is 32.7 Å². The zero-order valence-electron chi connectivity index (χ0n) is 19.9. The van der Waals surface area contributed by atoms with E-state index in [1.165, 1.54) is 24.3 Å². The van der Waals surface area contributed by atoms with Crippen molar-refractivity contribution in [1.82, 2.24) is 0 Å². The molecule has 196 valence electrons. The number of halogens is 5. The van der Waals surface area contributed by atoms with Crippen LogP contribution in [0.4, 0.5) is 22.0 Å². The Balaban J connectivity index is 1.52. The van der Waals surface area contributed by atoms with Crippen LogP contribution < -0.4 is 4.74 Å². The fourth-order valence-electron chi connectivity index (χ4n) is 4.10. The maximum absolute atomic E-state index is 14.7. The van der Waals surface area contributed by atoms with Gasteiger partial charge in [-0.1, -0.05) is 44.5 Å². The quantitative estimate of drug-likeness (QED) is 0.180. The van der Waals surface area contributed by atoms with Gasteiger partial charge in [-0.25, -0.2) is 26.7 Å². The number of benzene rings is 3. The Kier molecular flexibility index (Phi) is 7.36. The molecule has 0 unspecified atom stereocenters. The molecule has 4 rings (SSSR count). The van der Waals surface area contributed by atoms with Crippen LogP contribution in [0.3, 0.4) is 0 Å². The SMILES string of the molecule is CCCC1(C)COC(O)(c2ccc(-c3cc(F)c(C(=O)Oc4cc(F)c(F)c(F)c4)c(F)c3)cc2)OC1. The van der Waals surface area contributed by atoms with Gasteiger partial charge in [0.25, 0.3) is 0 Å². The Labute approximate surface area is 209 Å². The molecule has 1 heterocycles. The van der Waals surface area contributed by atoms with Gasteiger partial charge in [0.15, 0.2) is 17.5 Å². The van der Waals surface area contributed by atoms with E-state index < -0.39 is 52.3 Å². The van der Waals surface area contributed by atoms with Gasteiger partial charge in [0.2, 0.25) is 0 Å². The minimum Gasteiger partial charge on any atom is -0.423 e. The van der Waals surface area contributed by atoms with E-state index in [1.54, 1.807) is 0 Å². The Morgan fingerprint density at radius 2 is 1.43 bits per heavy atom. The number of ether oxygens (including phenoxy) is 3. The Bertz CT molecular complexity index is 1270. The van der Waals surface area contributed by atoms with Crippen LogP contribution in [0.15, 0.2) is 48.5 Å². The van der Waals surface area contributed by atoms with E-state index in [2.05, 4.69) is 4.74 Å². The maximum atomic E-state index is 14.7. The smallest absolute Gasteiger partial charge is 0.349 e. The molecule has 37 heavy (non-hydrogen) atoms. The molecule has 5 nitrogen and oxygen atoms in total. The minimum absolute atomic E-state index is 0.0602. The predicted octanol–water partition coefficient (Wildman–Crippen LogP) is 6.22. The monoisotopic (exact) mass is 522 g/mol. The molecule has 1 fully saturated rings. The number of hydrogen-bond donors (Lipinski definition) is 1. The highest BCUT2D eigenvalue weighted by Crippen LogP contribution is 2.38. The lowest BCUT2D eigenvalue weighted by Crippen LogP contribution is -2.46. The minimum atomic E-state index is -1.96. The van der Waals surface area contributed by atoms with Gasteiger partial charge in [0, 0.05) is 23.1 Å². The van der Waals surface area contributed by atoms with E-state index in [4.69, 9.17) is 9.47 Å². The molecule has 0 bridgehead atoms. The van der Waals surface area contributed by atoms with Crippen molar-refractivity contribution in [2.24, 2.45) is 5.41 Å². The molecule has 3 aromatic carbocycles. The number of aliphatic hydroxyl groups is 1. The molecule has 1 aliphatic rings. The standard InChI is InChI=1S/C27H23F5O5/c1-3-8-26(2)13-35-27(34,36-14-26)17-6-4-15(5-7-17)16-9-19(28)23(20(29)10-16)25(33)37-18-11-21(30)24(32)22(31)12-18/h4-7,9-12,34H,3,8,13-14H2,1-2H3. The van der Waals surface area contributed by atoms with Gasteiger partial charge in [-0.15, -0.1) is 0 Å². The van der Waals surface area contributed by atoms with Crippen LogP contribution in [0.2, 0.25) is 0 Å². The second kappa shape index (κ2) is 10.2. The Morgan fingerprint density at radius 1 is 0.892 bits per heavy atom. The number of carbonyl (C=O) groups is 1. The van der Waals surface area contributed by atoms with Gasteiger partial charge in [0.05, 0.1) is 13.2 Å². The molecule has 0 amide bonds. The van der Waals surface area contributed by atoms with E-state index in [-0.39, 0.29) is 29.8 Å². The lowest BCUT2D eigenvalue weighted by Gasteiger charge is -2.41. The number of hydrogen-bond acceptors (Lipinski definition) is 5. The van der Waals surface area contributed by atoms with Crippen LogP contribution in [-0.2, 0) is 15.4 Å². The van der Waals surface area contributed by atoms with Crippen LogP contribution >= 0.6 is 0 Å².